The maximum atomic E-state index is 12.9. The molecule has 0 radical (unpaired) electrons. The first-order valence-corrected chi connectivity index (χ1v) is 11.0. The van der Waals surface area contributed by atoms with Crippen LogP contribution < -0.4 is 4.18 Å². The number of aromatic hydroxyl groups is 1. The van der Waals surface area contributed by atoms with Crippen molar-refractivity contribution in [1.82, 2.24) is 4.31 Å². The van der Waals surface area contributed by atoms with Gasteiger partial charge in [-0.3, -0.25) is 9.59 Å². The average Bonchev–Trinajstić information content (AvgIpc) is 2.59. The standard InChI is InChI=1S/C17H17NO10S2/c1-11-6-12(19)8-13(7-11)28-30(26,27)15-5-3-2-4-14(15)29(24,25)18(9-16(20)21)10-17(22)23/h2-8,19H,9-10H2,1H3,(H,20,21)(H,22,23). The molecule has 2 aromatic rings. The fraction of sp³-hybridized carbons (Fsp3) is 0.176. The molecule has 0 atom stereocenters. The summed E-state index contributed by atoms with van der Waals surface area (Å²) in [4.78, 5) is 20.3. The molecule has 0 unspecified atom stereocenters. The van der Waals surface area contributed by atoms with Gasteiger partial charge in [-0.05, 0) is 36.8 Å². The molecule has 0 heterocycles. The van der Waals surface area contributed by atoms with Gasteiger partial charge in [0.15, 0.2) is 0 Å². The number of benzene rings is 2. The van der Waals surface area contributed by atoms with Gasteiger partial charge in [0.2, 0.25) is 10.0 Å². The Balaban J connectivity index is 2.56. The van der Waals surface area contributed by atoms with E-state index in [0.717, 1.165) is 18.2 Å². The van der Waals surface area contributed by atoms with Gasteiger partial charge in [-0.1, -0.05) is 12.1 Å². The third kappa shape index (κ3) is 5.46. The van der Waals surface area contributed by atoms with Crippen LogP contribution in [-0.2, 0) is 29.7 Å². The number of aryl methyl sites for hydroxylation is 1. The van der Waals surface area contributed by atoms with E-state index >= 15 is 0 Å². The van der Waals surface area contributed by atoms with Gasteiger partial charge in [-0.15, -0.1) is 0 Å². The van der Waals surface area contributed by atoms with E-state index in [9.17, 15) is 31.5 Å². The third-order valence-corrected chi connectivity index (χ3v) is 6.89. The van der Waals surface area contributed by atoms with Crippen LogP contribution in [0.3, 0.4) is 0 Å². The van der Waals surface area contributed by atoms with Crippen molar-refractivity contribution in [2.24, 2.45) is 0 Å². The van der Waals surface area contributed by atoms with Crippen molar-refractivity contribution in [1.29, 1.82) is 0 Å². The third-order valence-electron chi connectivity index (χ3n) is 3.60. The Labute approximate surface area is 171 Å². The summed E-state index contributed by atoms with van der Waals surface area (Å²) in [5.41, 5.74) is 0.468. The number of phenolic OH excluding ortho intramolecular Hbond substituents is 1. The Kier molecular flexibility index (Phi) is 6.70. The highest BCUT2D eigenvalue weighted by Crippen LogP contribution is 2.29. The number of carboxylic acids is 2. The summed E-state index contributed by atoms with van der Waals surface area (Å²) in [5, 5.41) is 27.4. The predicted octanol–water partition coefficient (Wildman–Crippen LogP) is 0.628. The summed E-state index contributed by atoms with van der Waals surface area (Å²) in [6.07, 6.45) is 0. The van der Waals surface area contributed by atoms with Crippen molar-refractivity contribution in [3.63, 3.8) is 0 Å². The Hall–Kier alpha value is -3.16. The van der Waals surface area contributed by atoms with Crippen LogP contribution in [0.4, 0.5) is 0 Å². The normalized spacial score (nSPS) is 11.9. The van der Waals surface area contributed by atoms with Crippen LogP contribution in [0.2, 0.25) is 0 Å². The number of carbonyl (C=O) groups is 2. The lowest BCUT2D eigenvalue weighted by Crippen LogP contribution is -2.39. The van der Waals surface area contributed by atoms with Crippen LogP contribution in [0, 0.1) is 6.92 Å². The topological polar surface area (TPSA) is 176 Å². The van der Waals surface area contributed by atoms with Crippen molar-refractivity contribution in [2.45, 2.75) is 16.7 Å². The molecule has 2 aromatic carbocycles. The van der Waals surface area contributed by atoms with Crippen LogP contribution >= 0.6 is 0 Å². The first-order valence-electron chi connectivity index (χ1n) is 8.11. The Bertz CT molecular complexity index is 1150. The highest BCUT2D eigenvalue weighted by atomic mass is 32.2. The van der Waals surface area contributed by atoms with Crippen LogP contribution in [-0.4, -0.2) is 61.5 Å². The Morgan fingerprint density at radius 2 is 1.47 bits per heavy atom. The molecule has 3 N–H and O–H groups in total. The van der Waals surface area contributed by atoms with E-state index in [1.807, 2.05) is 0 Å². The van der Waals surface area contributed by atoms with Gasteiger partial charge in [0.1, 0.15) is 34.4 Å². The monoisotopic (exact) mass is 459 g/mol. The lowest BCUT2D eigenvalue weighted by Gasteiger charge is -2.20. The van der Waals surface area contributed by atoms with Gasteiger partial charge < -0.3 is 19.5 Å². The van der Waals surface area contributed by atoms with E-state index in [-0.39, 0.29) is 15.8 Å². The van der Waals surface area contributed by atoms with Crippen molar-refractivity contribution in [3.8, 4) is 11.5 Å². The van der Waals surface area contributed by atoms with Crippen LogP contribution in [0.5, 0.6) is 11.5 Å². The van der Waals surface area contributed by atoms with Crippen LogP contribution in [0.15, 0.2) is 52.3 Å². The summed E-state index contributed by atoms with van der Waals surface area (Å²) in [6, 6.07) is 7.82. The molecule has 0 spiro atoms. The fourth-order valence-electron chi connectivity index (χ4n) is 2.48. The zero-order chi connectivity index (χ0) is 22.7. The molecular weight excluding hydrogens is 442 g/mol. The second-order valence-electron chi connectivity index (χ2n) is 6.05. The van der Waals surface area contributed by atoms with Crippen molar-refractivity contribution < 1.29 is 45.9 Å². The van der Waals surface area contributed by atoms with E-state index in [2.05, 4.69) is 0 Å². The number of nitrogens with zero attached hydrogens (tertiary/aromatic N) is 1. The summed E-state index contributed by atoms with van der Waals surface area (Å²) >= 11 is 0. The highest BCUT2D eigenvalue weighted by molar-refractivity contribution is 7.91. The van der Waals surface area contributed by atoms with E-state index in [1.165, 1.54) is 24.3 Å². The molecule has 11 nitrogen and oxygen atoms in total. The lowest BCUT2D eigenvalue weighted by atomic mass is 10.2. The predicted molar refractivity (Wildman–Crippen MR) is 101 cm³/mol. The summed E-state index contributed by atoms with van der Waals surface area (Å²) in [6.45, 7) is -0.835. The second kappa shape index (κ2) is 8.69. The van der Waals surface area contributed by atoms with E-state index in [4.69, 9.17) is 14.4 Å². The van der Waals surface area contributed by atoms with E-state index in [0.29, 0.717) is 5.56 Å². The molecular formula is C17H17NO10S2. The average molecular weight is 459 g/mol. The largest absolute Gasteiger partial charge is 0.508 e. The van der Waals surface area contributed by atoms with Gasteiger partial charge in [0.25, 0.3) is 0 Å². The van der Waals surface area contributed by atoms with Crippen molar-refractivity contribution in [2.75, 3.05) is 13.1 Å². The van der Waals surface area contributed by atoms with Gasteiger partial charge in [0, 0.05) is 6.07 Å². The number of hydrogen-bond acceptors (Lipinski definition) is 8. The molecule has 0 fully saturated rings. The molecule has 0 aliphatic rings. The van der Waals surface area contributed by atoms with Crippen molar-refractivity contribution >= 4 is 32.1 Å². The first kappa shape index (κ1) is 23.1. The fourth-order valence-corrected chi connectivity index (χ4v) is 5.52. The van der Waals surface area contributed by atoms with E-state index < -0.39 is 55.0 Å². The number of aliphatic carboxylic acids is 2. The number of rotatable bonds is 9. The van der Waals surface area contributed by atoms with Crippen molar-refractivity contribution in [3.05, 3.63) is 48.0 Å². The second-order valence-corrected chi connectivity index (χ2v) is 9.47. The number of hydrogen-bond donors (Lipinski definition) is 3. The summed E-state index contributed by atoms with van der Waals surface area (Å²) in [5.74, 6) is -3.83. The first-order chi connectivity index (χ1) is 13.8. The van der Waals surface area contributed by atoms with Gasteiger partial charge in [-0.2, -0.15) is 12.7 Å². The molecule has 0 saturated heterocycles. The lowest BCUT2D eigenvalue weighted by molar-refractivity contribution is -0.139. The summed E-state index contributed by atoms with van der Waals surface area (Å²) < 4.78 is 56.3. The van der Waals surface area contributed by atoms with Crippen LogP contribution in [0.25, 0.3) is 0 Å². The van der Waals surface area contributed by atoms with Gasteiger partial charge >= 0.3 is 22.1 Å². The van der Waals surface area contributed by atoms with Gasteiger partial charge in [0.05, 0.1) is 0 Å². The minimum Gasteiger partial charge on any atom is -0.508 e. The smallest absolute Gasteiger partial charge is 0.340 e. The minimum absolute atomic E-state index is 0.116. The quantitative estimate of drug-likeness (QED) is 0.451. The molecule has 162 valence electrons. The number of carboxylic acid groups (broad SMARTS) is 2. The minimum atomic E-state index is -4.85. The molecule has 0 saturated carbocycles. The molecule has 0 aliphatic heterocycles. The molecule has 0 amide bonds. The molecule has 2 rings (SSSR count). The zero-order valence-electron chi connectivity index (χ0n) is 15.4. The Morgan fingerprint density at radius 3 is 1.97 bits per heavy atom. The summed E-state index contributed by atoms with van der Waals surface area (Å²) in [7, 11) is -9.61. The van der Waals surface area contributed by atoms with E-state index in [1.54, 1.807) is 6.92 Å². The SMILES string of the molecule is Cc1cc(O)cc(OS(=O)(=O)c2ccccc2S(=O)(=O)N(CC(=O)O)CC(=O)O)c1. The number of sulfonamides is 1. The van der Waals surface area contributed by atoms with Gasteiger partial charge in [-0.25, -0.2) is 8.42 Å². The zero-order valence-corrected chi connectivity index (χ0v) is 17.1. The van der Waals surface area contributed by atoms with Crippen LogP contribution in [0.1, 0.15) is 5.56 Å². The molecule has 0 aliphatic carbocycles. The Morgan fingerprint density at radius 1 is 0.933 bits per heavy atom. The molecule has 0 bridgehead atoms. The maximum absolute atomic E-state index is 12.9. The molecule has 30 heavy (non-hydrogen) atoms. The highest BCUT2D eigenvalue weighted by Gasteiger charge is 2.34. The number of phenols is 1. The molecule has 13 heteroatoms. The molecule has 0 aromatic heterocycles. The maximum Gasteiger partial charge on any atom is 0.340 e.